The van der Waals surface area contributed by atoms with Crippen molar-refractivity contribution in [2.45, 2.75) is 33.2 Å². The van der Waals surface area contributed by atoms with Crippen molar-refractivity contribution in [1.29, 1.82) is 0 Å². The van der Waals surface area contributed by atoms with E-state index >= 15 is 0 Å². The molecule has 3 heteroatoms. The molecule has 0 amide bonds. The summed E-state index contributed by atoms with van der Waals surface area (Å²) >= 11 is 0. The Hall–Kier alpha value is -0.120. The van der Waals surface area contributed by atoms with E-state index in [-0.39, 0.29) is 0 Å². The van der Waals surface area contributed by atoms with Crippen LogP contribution in [0.5, 0.6) is 0 Å². The van der Waals surface area contributed by atoms with Crippen molar-refractivity contribution in [1.82, 2.24) is 5.32 Å². The van der Waals surface area contributed by atoms with Gasteiger partial charge in [0.25, 0.3) is 0 Å². The molecule has 0 bridgehead atoms. The molecule has 0 aliphatic carbocycles. The Balaban J connectivity index is 3.05. The Morgan fingerprint density at radius 2 is 1.86 bits per heavy atom. The van der Waals surface area contributed by atoms with Crippen LogP contribution in [-0.2, 0) is 9.47 Å². The van der Waals surface area contributed by atoms with Crippen molar-refractivity contribution < 1.29 is 9.47 Å². The van der Waals surface area contributed by atoms with Gasteiger partial charge in [-0.25, -0.2) is 0 Å². The third-order valence-electron chi connectivity index (χ3n) is 1.83. The Kier molecular flexibility index (Phi) is 9.35. The van der Waals surface area contributed by atoms with Gasteiger partial charge in [0.1, 0.15) is 0 Å². The van der Waals surface area contributed by atoms with E-state index in [0.717, 1.165) is 32.8 Å². The second kappa shape index (κ2) is 9.44. The molecule has 1 atom stereocenters. The fourth-order valence-corrected chi connectivity index (χ4v) is 1.15. The molecule has 0 heterocycles. The van der Waals surface area contributed by atoms with Crippen LogP contribution in [0.2, 0.25) is 0 Å². The highest BCUT2D eigenvalue weighted by Crippen LogP contribution is 1.93. The van der Waals surface area contributed by atoms with Crippen molar-refractivity contribution in [3.05, 3.63) is 0 Å². The molecule has 86 valence electrons. The van der Waals surface area contributed by atoms with E-state index in [0.29, 0.717) is 12.0 Å². The largest absolute Gasteiger partial charge is 0.383 e. The standard InChI is InChI=1S/C11H25NO2/c1-10(2)8-14-7-5-6-12-11(3)9-13-4/h10-12H,5-9H2,1-4H3. The van der Waals surface area contributed by atoms with Crippen LogP contribution in [0.1, 0.15) is 27.2 Å². The summed E-state index contributed by atoms with van der Waals surface area (Å²) in [5.41, 5.74) is 0. The van der Waals surface area contributed by atoms with Gasteiger partial charge >= 0.3 is 0 Å². The van der Waals surface area contributed by atoms with Crippen molar-refractivity contribution in [3.8, 4) is 0 Å². The quantitative estimate of drug-likeness (QED) is 0.578. The summed E-state index contributed by atoms with van der Waals surface area (Å²) in [6.07, 6.45) is 1.07. The molecule has 0 rings (SSSR count). The molecule has 0 spiro atoms. The number of methoxy groups -OCH3 is 1. The lowest BCUT2D eigenvalue weighted by molar-refractivity contribution is 0.106. The second-order valence-corrected chi connectivity index (χ2v) is 4.13. The molecular weight excluding hydrogens is 178 g/mol. The van der Waals surface area contributed by atoms with Gasteiger partial charge in [-0.15, -0.1) is 0 Å². The van der Waals surface area contributed by atoms with Crippen LogP contribution in [0.15, 0.2) is 0 Å². The maximum atomic E-state index is 5.47. The smallest absolute Gasteiger partial charge is 0.0613 e. The first kappa shape index (κ1) is 13.9. The molecule has 0 radical (unpaired) electrons. The van der Waals surface area contributed by atoms with E-state index in [1.54, 1.807) is 7.11 Å². The third kappa shape index (κ3) is 9.96. The van der Waals surface area contributed by atoms with Crippen LogP contribution >= 0.6 is 0 Å². The second-order valence-electron chi connectivity index (χ2n) is 4.13. The first-order valence-corrected chi connectivity index (χ1v) is 5.47. The summed E-state index contributed by atoms with van der Waals surface area (Å²) in [6, 6.07) is 0.435. The first-order valence-electron chi connectivity index (χ1n) is 5.47. The number of nitrogens with one attached hydrogen (secondary N) is 1. The van der Waals surface area contributed by atoms with Crippen molar-refractivity contribution >= 4 is 0 Å². The number of ether oxygens (including phenoxy) is 2. The van der Waals surface area contributed by atoms with Gasteiger partial charge < -0.3 is 14.8 Å². The number of hydrogen-bond donors (Lipinski definition) is 1. The lowest BCUT2D eigenvalue weighted by Crippen LogP contribution is -2.31. The lowest BCUT2D eigenvalue weighted by atomic mass is 10.2. The van der Waals surface area contributed by atoms with Gasteiger partial charge in [-0.2, -0.15) is 0 Å². The van der Waals surface area contributed by atoms with Crippen LogP contribution in [0.3, 0.4) is 0 Å². The maximum Gasteiger partial charge on any atom is 0.0613 e. The topological polar surface area (TPSA) is 30.5 Å². The highest BCUT2D eigenvalue weighted by atomic mass is 16.5. The van der Waals surface area contributed by atoms with E-state index in [1.165, 1.54) is 0 Å². The predicted molar refractivity (Wildman–Crippen MR) is 59.6 cm³/mol. The fourth-order valence-electron chi connectivity index (χ4n) is 1.15. The van der Waals surface area contributed by atoms with Crippen LogP contribution in [0.25, 0.3) is 0 Å². The SMILES string of the molecule is COCC(C)NCCCOCC(C)C. The van der Waals surface area contributed by atoms with Gasteiger partial charge in [-0.05, 0) is 25.8 Å². The predicted octanol–water partition coefficient (Wildman–Crippen LogP) is 1.67. The molecule has 0 aromatic rings. The summed E-state index contributed by atoms with van der Waals surface area (Å²) in [5, 5.41) is 3.37. The normalized spacial score (nSPS) is 13.5. The van der Waals surface area contributed by atoms with Crippen molar-refractivity contribution in [2.75, 3.05) is 33.5 Å². The van der Waals surface area contributed by atoms with E-state index in [9.17, 15) is 0 Å². The van der Waals surface area contributed by atoms with E-state index in [4.69, 9.17) is 9.47 Å². The van der Waals surface area contributed by atoms with Gasteiger partial charge in [0.05, 0.1) is 6.61 Å². The summed E-state index contributed by atoms with van der Waals surface area (Å²) < 4.78 is 10.5. The maximum absolute atomic E-state index is 5.47. The van der Waals surface area contributed by atoms with Gasteiger partial charge in [0.15, 0.2) is 0 Å². The van der Waals surface area contributed by atoms with Crippen molar-refractivity contribution in [2.24, 2.45) is 5.92 Å². The summed E-state index contributed by atoms with van der Waals surface area (Å²) in [5.74, 6) is 0.635. The summed E-state index contributed by atoms with van der Waals surface area (Å²) in [7, 11) is 1.73. The Morgan fingerprint density at radius 3 is 2.43 bits per heavy atom. The minimum atomic E-state index is 0.435. The van der Waals surface area contributed by atoms with Gasteiger partial charge in [0.2, 0.25) is 0 Å². The van der Waals surface area contributed by atoms with Crippen molar-refractivity contribution in [3.63, 3.8) is 0 Å². The molecule has 0 saturated carbocycles. The molecule has 3 nitrogen and oxygen atoms in total. The molecule has 1 unspecified atom stereocenters. The van der Waals surface area contributed by atoms with Crippen LogP contribution in [-0.4, -0.2) is 39.5 Å². The Labute approximate surface area is 88.2 Å². The number of hydrogen-bond acceptors (Lipinski definition) is 3. The van der Waals surface area contributed by atoms with Gasteiger partial charge in [0, 0.05) is 26.4 Å². The minimum Gasteiger partial charge on any atom is -0.383 e. The molecule has 0 saturated heterocycles. The molecule has 0 aromatic carbocycles. The van der Waals surface area contributed by atoms with Gasteiger partial charge in [-0.1, -0.05) is 13.8 Å². The molecule has 0 fully saturated rings. The molecule has 1 N–H and O–H groups in total. The van der Waals surface area contributed by atoms with Crippen LogP contribution in [0.4, 0.5) is 0 Å². The van der Waals surface area contributed by atoms with Crippen LogP contribution in [0, 0.1) is 5.92 Å². The fraction of sp³-hybridized carbons (Fsp3) is 1.00. The molecule has 0 aliphatic rings. The first-order chi connectivity index (χ1) is 6.66. The highest BCUT2D eigenvalue weighted by molar-refractivity contribution is 4.58. The monoisotopic (exact) mass is 203 g/mol. The van der Waals surface area contributed by atoms with E-state index in [1.807, 2.05) is 0 Å². The third-order valence-corrected chi connectivity index (χ3v) is 1.83. The molecular formula is C11H25NO2. The van der Waals surface area contributed by atoms with E-state index < -0.39 is 0 Å². The summed E-state index contributed by atoms with van der Waals surface area (Å²) in [4.78, 5) is 0. The zero-order chi connectivity index (χ0) is 10.8. The minimum absolute atomic E-state index is 0.435. The summed E-state index contributed by atoms with van der Waals surface area (Å²) in [6.45, 7) is 9.95. The molecule has 0 aliphatic heterocycles. The Morgan fingerprint density at radius 1 is 1.14 bits per heavy atom. The van der Waals surface area contributed by atoms with Crippen LogP contribution < -0.4 is 5.32 Å². The lowest BCUT2D eigenvalue weighted by Gasteiger charge is -2.12. The average molecular weight is 203 g/mol. The van der Waals surface area contributed by atoms with E-state index in [2.05, 4.69) is 26.1 Å². The average Bonchev–Trinajstić information content (AvgIpc) is 2.11. The number of rotatable bonds is 9. The zero-order valence-electron chi connectivity index (χ0n) is 10.0. The highest BCUT2D eigenvalue weighted by Gasteiger charge is 1.99. The van der Waals surface area contributed by atoms with Gasteiger partial charge in [-0.3, -0.25) is 0 Å². The molecule has 0 aromatic heterocycles. The Bertz CT molecular complexity index is 118. The molecule has 14 heavy (non-hydrogen) atoms. The zero-order valence-corrected chi connectivity index (χ0v) is 10.0.